The monoisotopic (exact) mass is 304 g/mol. The summed E-state index contributed by atoms with van der Waals surface area (Å²) in [5.74, 6) is -0.398. The molecule has 0 bridgehead atoms. The lowest BCUT2D eigenvalue weighted by Crippen LogP contribution is -2.17. The molecular weight excluding hydrogens is 288 g/mol. The van der Waals surface area contributed by atoms with Crippen LogP contribution >= 0.6 is 0 Å². The summed E-state index contributed by atoms with van der Waals surface area (Å²) in [5, 5.41) is 8.85. The fourth-order valence-electron chi connectivity index (χ4n) is 1.95. The predicted molar refractivity (Wildman–Crippen MR) is 81.6 cm³/mol. The van der Waals surface area contributed by atoms with E-state index in [0.717, 1.165) is 0 Å². The number of aliphatic carboxylic acids is 1. The Bertz CT molecular complexity index is 770. The van der Waals surface area contributed by atoms with Gasteiger partial charge in [0.25, 0.3) is 5.56 Å². The van der Waals surface area contributed by atoms with Gasteiger partial charge in [0.15, 0.2) is 5.82 Å². The van der Waals surface area contributed by atoms with Gasteiger partial charge in [-0.1, -0.05) is 6.07 Å². The number of hydrogen-bond acceptors (Lipinski definition) is 6. The van der Waals surface area contributed by atoms with Crippen LogP contribution in [0, 0.1) is 0 Å². The van der Waals surface area contributed by atoms with Crippen molar-refractivity contribution in [3.8, 4) is 17.1 Å². The second kappa shape index (κ2) is 6.17. The number of carbonyl (C=O) groups is 1. The number of nitrogens with two attached hydrogens (primary N) is 2. The maximum Gasteiger partial charge on any atom is 0.307 e. The van der Waals surface area contributed by atoms with Crippen LogP contribution in [0.2, 0.25) is 0 Å². The van der Waals surface area contributed by atoms with E-state index in [4.69, 9.17) is 21.3 Å². The Balaban J connectivity index is 2.54. The zero-order valence-corrected chi connectivity index (χ0v) is 11.9. The maximum atomic E-state index is 11.7. The lowest BCUT2D eigenvalue weighted by atomic mass is 10.1. The lowest BCUT2D eigenvalue weighted by molar-refractivity contribution is -0.136. The molecule has 0 aliphatic carbocycles. The molecule has 116 valence electrons. The van der Waals surface area contributed by atoms with Crippen molar-refractivity contribution in [3.05, 3.63) is 34.1 Å². The summed E-state index contributed by atoms with van der Waals surface area (Å²) in [4.78, 5) is 29.0. The third kappa shape index (κ3) is 3.17. The summed E-state index contributed by atoms with van der Waals surface area (Å²) in [6.45, 7) is 2.17. The first-order valence-corrected chi connectivity index (χ1v) is 6.55. The van der Waals surface area contributed by atoms with Crippen LogP contribution < -0.4 is 21.8 Å². The Morgan fingerprint density at radius 1 is 1.41 bits per heavy atom. The number of H-pyrrole nitrogens is 1. The topological polar surface area (TPSA) is 144 Å². The number of benzene rings is 1. The van der Waals surface area contributed by atoms with Crippen molar-refractivity contribution in [2.45, 2.75) is 13.3 Å². The second-order valence-corrected chi connectivity index (χ2v) is 4.55. The van der Waals surface area contributed by atoms with Crippen molar-refractivity contribution in [3.63, 3.8) is 0 Å². The molecular formula is C14H16N4O4. The normalized spacial score (nSPS) is 10.4. The molecule has 2 aromatic rings. The van der Waals surface area contributed by atoms with Gasteiger partial charge in [-0.05, 0) is 24.6 Å². The number of rotatable bonds is 5. The van der Waals surface area contributed by atoms with Crippen molar-refractivity contribution < 1.29 is 14.6 Å². The highest BCUT2D eigenvalue weighted by Crippen LogP contribution is 2.29. The van der Waals surface area contributed by atoms with Gasteiger partial charge in [0.2, 0.25) is 0 Å². The molecule has 0 spiro atoms. The molecule has 1 heterocycles. The number of ether oxygens (including phenoxy) is 1. The molecule has 0 saturated carbocycles. The highest BCUT2D eigenvalue weighted by molar-refractivity contribution is 5.73. The Labute approximate surface area is 125 Å². The fraction of sp³-hybridized carbons (Fsp3) is 0.214. The number of carboxylic acids is 1. The molecule has 6 N–H and O–H groups in total. The molecule has 8 heteroatoms. The lowest BCUT2D eigenvalue weighted by Gasteiger charge is -2.12. The summed E-state index contributed by atoms with van der Waals surface area (Å²) in [6.07, 6.45) is -0.131. The zero-order valence-electron chi connectivity index (χ0n) is 11.9. The number of hydrogen-bond donors (Lipinski definition) is 4. The van der Waals surface area contributed by atoms with Crippen LogP contribution in [-0.4, -0.2) is 27.7 Å². The van der Waals surface area contributed by atoms with Gasteiger partial charge in [-0.15, -0.1) is 0 Å². The van der Waals surface area contributed by atoms with Gasteiger partial charge in [-0.25, -0.2) is 4.98 Å². The van der Waals surface area contributed by atoms with Gasteiger partial charge in [-0.2, -0.15) is 0 Å². The predicted octanol–water partition coefficient (Wildman–Crippen LogP) is 0.627. The first-order valence-electron chi connectivity index (χ1n) is 6.55. The van der Waals surface area contributed by atoms with E-state index in [-0.39, 0.29) is 23.8 Å². The molecule has 0 fully saturated rings. The van der Waals surface area contributed by atoms with Gasteiger partial charge in [0.05, 0.1) is 18.6 Å². The molecule has 0 amide bonds. The number of nitrogens with zero attached hydrogens (tertiary/aromatic N) is 1. The van der Waals surface area contributed by atoms with Crippen LogP contribution in [-0.2, 0) is 11.2 Å². The average Bonchev–Trinajstić information content (AvgIpc) is 2.44. The molecule has 0 atom stereocenters. The number of aromatic amines is 1. The summed E-state index contributed by atoms with van der Waals surface area (Å²) < 4.78 is 5.50. The number of aromatic nitrogens is 2. The van der Waals surface area contributed by atoms with Crippen molar-refractivity contribution in [2.24, 2.45) is 0 Å². The Kier molecular flexibility index (Phi) is 4.31. The average molecular weight is 304 g/mol. The maximum absolute atomic E-state index is 11.7. The smallest absolute Gasteiger partial charge is 0.307 e. The Morgan fingerprint density at radius 2 is 2.14 bits per heavy atom. The molecule has 0 aliphatic heterocycles. The van der Waals surface area contributed by atoms with Gasteiger partial charge < -0.3 is 26.3 Å². The molecule has 0 saturated heterocycles. The van der Waals surface area contributed by atoms with Gasteiger partial charge in [0, 0.05) is 0 Å². The van der Waals surface area contributed by atoms with E-state index in [9.17, 15) is 9.59 Å². The number of nitrogen functional groups attached to an aromatic ring is 2. The van der Waals surface area contributed by atoms with Gasteiger partial charge >= 0.3 is 5.97 Å². The van der Waals surface area contributed by atoms with Crippen LogP contribution in [0.1, 0.15) is 12.5 Å². The van der Waals surface area contributed by atoms with Crippen molar-refractivity contribution in [1.82, 2.24) is 9.97 Å². The molecule has 2 rings (SSSR count). The minimum atomic E-state index is -0.946. The standard InChI is InChI=1S/C14H16N4O4/c1-2-22-9-5-7(6-10(19)20)3-4-8(9)13-17-12(16)11(15)14(21)18-13/h3-5H,2,6,15H2,1H3,(H,19,20)(H3,16,17,18,21). The van der Waals surface area contributed by atoms with E-state index >= 15 is 0 Å². The van der Waals surface area contributed by atoms with Crippen LogP contribution in [0.5, 0.6) is 5.75 Å². The molecule has 1 aromatic carbocycles. The molecule has 22 heavy (non-hydrogen) atoms. The van der Waals surface area contributed by atoms with Gasteiger partial charge in [0.1, 0.15) is 17.3 Å². The quantitative estimate of drug-likeness (QED) is 0.633. The van der Waals surface area contributed by atoms with Crippen molar-refractivity contribution in [1.29, 1.82) is 0 Å². The molecule has 8 nitrogen and oxygen atoms in total. The summed E-state index contributed by atoms with van der Waals surface area (Å²) in [7, 11) is 0. The largest absolute Gasteiger partial charge is 0.493 e. The minimum Gasteiger partial charge on any atom is -0.493 e. The fourth-order valence-corrected chi connectivity index (χ4v) is 1.95. The van der Waals surface area contributed by atoms with Gasteiger partial charge in [-0.3, -0.25) is 9.59 Å². The van der Waals surface area contributed by atoms with E-state index < -0.39 is 11.5 Å². The summed E-state index contributed by atoms with van der Waals surface area (Å²) in [6, 6.07) is 4.84. The Hall–Kier alpha value is -3.03. The van der Waals surface area contributed by atoms with Crippen LogP contribution in [0.4, 0.5) is 11.5 Å². The van der Waals surface area contributed by atoms with Crippen molar-refractivity contribution in [2.75, 3.05) is 18.1 Å². The number of nitrogens with one attached hydrogen (secondary N) is 1. The molecule has 0 aliphatic rings. The summed E-state index contributed by atoms with van der Waals surface area (Å²) >= 11 is 0. The number of anilines is 2. The summed E-state index contributed by atoms with van der Waals surface area (Å²) in [5.41, 5.74) is 11.5. The third-order valence-electron chi connectivity index (χ3n) is 2.94. The SMILES string of the molecule is CCOc1cc(CC(=O)O)ccc1-c1nc(N)c(N)c(=O)[nH]1. The van der Waals surface area contributed by atoms with E-state index in [1.165, 1.54) is 0 Å². The first kappa shape index (κ1) is 15.4. The highest BCUT2D eigenvalue weighted by Gasteiger charge is 2.13. The third-order valence-corrected chi connectivity index (χ3v) is 2.94. The molecule has 0 radical (unpaired) electrons. The van der Waals surface area contributed by atoms with E-state index in [1.54, 1.807) is 25.1 Å². The Morgan fingerprint density at radius 3 is 2.73 bits per heavy atom. The minimum absolute atomic E-state index is 0.0733. The molecule has 1 aromatic heterocycles. The van der Waals surface area contributed by atoms with Crippen LogP contribution in [0.15, 0.2) is 23.0 Å². The second-order valence-electron chi connectivity index (χ2n) is 4.55. The highest BCUT2D eigenvalue weighted by atomic mass is 16.5. The van der Waals surface area contributed by atoms with Crippen LogP contribution in [0.3, 0.4) is 0 Å². The van der Waals surface area contributed by atoms with E-state index in [1.807, 2.05) is 0 Å². The molecule has 0 unspecified atom stereocenters. The zero-order chi connectivity index (χ0) is 16.3. The first-order chi connectivity index (χ1) is 10.4. The number of carboxylic acid groups (broad SMARTS) is 1. The van der Waals surface area contributed by atoms with Crippen molar-refractivity contribution >= 4 is 17.5 Å². The van der Waals surface area contributed by atoms with E-state index in [2.05, 4.69) is 9.97 Å². The van der Waals surface area contributed by atoms with Crippen LogP contribution in [0.25, 0.3) is 11.4 Å². The van der Waals surface area contributed by atoms with E-state index in [0.29, 0.717) is 23.5 Å².